The van der Waals surface area contributed by atoms with Gasteiger partial charge in [0, 0.05) is 6.07 Å². The van der Waals surface area contributed by atoms with Crippen molar-refractivity contribution in [1.82, 2.24) is 4.90 Å². The molecule has 5 nitrogen and oxygen atoms in total. The molecular formula is C10H14N2O3. The monoisotopic (exact) mass is 210 g/mol. The molecule has 15 heavy (non-hydrogen) atoms. The first-order valence-corrected chi connectivity index (χ1v) is 4.59. The summed E-state index contributed by atoms with van der Waals surface area (Å²) < 4.78 is 5.45. The average Bonchev–Trinajstić information content (AvgIpc) is 2.18. The van der Waals surface area contributed by atoms with E-state index in [4.69, 9.17) is 4.74 Å². The topological polar surface area (TPSA) is 55.6 Å². The smallest absolute Gasteiger partial charge is 0.310 e. The molecule has 5 heteroatoms. The number of hydrogen-bond acceptors (Lipinski definition) is 4. The van der Waals surface area contributed by atoms with Gasteiger partial charge in [-0.3, -0.25) is 15.0 Å². The molecule has 0 bridgehead atoms. The van der Waals surface area contributed by atoms with E-state index in [2.05, 4.69) is 0 Å². The Morgan fingerprint density at radius 1 is 1.40 bits per heavy atom. The summed E-state index contributed by atoms with van der Waals surface area (Å²) in [7, 11) is 3.69. The van der Waals surface area contributed by atoms with Crippen molar-refractivity contribution in [3.63, 3.8) is 0 Å². The minimum Gasteiger partial charge on any atom is -0.468 e. The van der Waals surface area contributed by atoms with Gasteiger partial charge in [0.1, 0.15) is 6.23 Å². The highest BCUT2D eigenvalue weighted by Gasteiger charge is 2.16. The minimum absolute atomic E-state index is 0.00815. The van der Waals surface area contributed by atoms with Gasteiger partial charge in [0.25, 0.3) is 0 Å². The molecule has 0 aromatic heterocycles. The van der Waals surface area contributed by atoms with Gasteiger partial charge in [-0.1, -0.05) is 12.1 Å². The van der Waals surface area contributed by atoms with E-state index in [1.54, 1.807) is 18.2 Å². The van der Waals surface area contributed by atoms with Crippen LogP contribution in [0.1, 0.15) is 6.92 Å². The largest absolute Gasteiger partial charge is 0.468 e. The molecule has 0 N–H and O–H groups in total. The summed E-state index contributed by atoms with van der Waals surface area (Å²) in [5, 5.41) is 10.7. The van der Waals surface area contributed by atoms with Crippen molar-refractivity contribution in [3.05, 3.63) is 34.4 Å². The van der Waals surface area contributed by atoms with Crippen LogP contribution in [0.5, 0.6) is 5.75 Å². The van der Waals surface area contributed by atoms with Crippen LogP contribution in [0.25, 0.3) is 0 Å². The Bertz CT molecular complexity index is 352. The van der Waals surface area contributed by atoms with Crippen LogP contribution in [0.3, 0.4) is 0 Å². The lowest BCUT2D eigenvalue weighted by atomic mass is 10.3. The van der Waals surface area contributed by atoms with Gasteiger partial charge in [0.2, 0.25) is 0 Å². The zero-order valence-corrected chi connectivity index (χ0v) is 9.01. The molecule has 82 valence electrons. The predicted octanol–water partition coefficient (Wildman–Crippen LogP) is 1.88. The van der Waals surface area contributed by atoms with Gasteiger partial charge in [0.05, 0.1) is 4.92 Å². The second-order valence-electron chi connectivity index (χ2n) is 3.41. The lowest BCUT2D eigenvalue weighted by molar-refractivity contribution is -0.386. The van der Waals surface area contributed by atoms with Crippen molar-refractivity contribution in [2.75, 3.05) is 14.1 Å². The molecule has 1 aromatic rings. The Hall–Kier alpha value is -1.62. The van der Waals surface area contributed by atoms with Crippen molar-refractivity contribution < 1.29 is 9.66 Å². The fourth-order valence-electron chi connectivity index (χ4n) is 0.997. The van der Waals surface area contributed by atoms with Crippen LogP contribution >= 0.6 is 0 Å². The fourth-order valence-corrected chi connectivity index (χ4v) is 0.997. The summed E-state index contributed by atoms with van der Waals surface area (Å²) in [6, 6.07) is 6.35. The van der Waals surface area contributed by atoms with E-state index in [1.165, 1.54) is 6.07 Å². The molecule has 0 heterocycles. The maximum absolute atomic E-state index is 10.7. The molecule has 0 saturated heterocycles. The Morgan fingerprint density at radius 3 is 2.53 bits per heavy atom. The first-order chi connectivity index (χ1) is 7.02. The lowest BCUT2D eigenvalue weighted by Crippen LogP contribution is -2.30. The highest BCUT2D eigenvalue weighted by molar-refractivity contribution is 5.45. The van der Waals surface area contributed by atoms with Gasteiger partial charge in [-0.15, -0.1) is 0 Å². The van der Waals surface area contributed by atoms with Gasteiger partial charge in [-0.05, 0) is 27.1 Å². The molecule has 0 amide bonds. The summed E-state index contributed by atoms with van der Waals surface area (Å²) in [6.45, 7) is 1.83. The van der Waals surface area contributed by atoms with Crippen LogP contribution in [-0.2, 0) is 0 Å². The van der Waals surface area contributed by atoms with Crippen LogP contribution in [0, 0.1) is 10.1 Å². The van der Waals surface area contributed by atoms with Gasteiger partial charge in [-0.25, -0.2) is 0 Å². The number of hydrogen-bond donors (Lipinski definition) is 0. The van der Waals surface area contributed by atoms with E-state index in [-0.39, 0.29) is 11.9 Å². The molecule has 1 rings (SSSR count). The zero-order valence-electron chi connectivity index (χ0n) is 9.01. The standard InChI is InChI=1S/C10H14N2O3/c1-8(11(2)3)15-10-7-5-4-6-9(10)12(13)14/h4-8H,1-3H3. The van der Waals surface area contributed by atoms with Crippen LogP contribution < -0.4 is 4.74 Å². The van der Waals surface area contributed by atoms with Gasteiger partial charge in [-0.2, -0.15) is 0 Å². The van der Waals surface area contributed by atoms with E-state index in [9.17, 15) is 10.1 Å². The van der Waals surface area contributed by atoms with Gasteiger partial charge >= 0.3 is 5.69 Å². The second-order valence-corrected chi connectivity index (χ2v) is 3.41. The van der Waals surface area contributed by atoms with E-state index in [0.29, 0.717) is 5.75 Å². The molecule has 0 aliphatic rings. The molecule has 0 aliphatic heterocycles. The highest BCUT2D eigenvalue weighted by Crippen LogP contribution is 2.26. The van der Waals surface area contributed by atoms with Crippen LogP contribution in [-0.4, -0.2) is 30.1 Å². The number of nitro benzene ring substituents is 1. The number of benzene rings is 1. The number of nitrogens with zero attached hydrogens (tertiary/aromatic N) is 2. The first-order valence-electron chi connectivity index (χ1n) is 4.59. The summed E-state index contributed by atoms with van der Waals surface area (Å²) in [6.07, 6.45) is -0.203. The Labute approximate surface area is 88.4 Å². The Kier molecular flexibility index (Phi) is 3.62. The molecule has 1 unspecified atom stereocenters. The quantitative estimate of drug-likeness (QED) is 0.432. The molecule has 0 fully saturated rings. The average molecular weight is 210 g/mol. The summed E-state index contributed by atoms with van der Waals surface area (Å²) >= 11 is 0. The summed E-state index contributed by atoms with van der Waals surface area (Å²) in [5.41, 5.74) is -0.00815. The van der Waals surface area contributed by atoms with Crippen molar-refractivity contribution in [2.24, 2.45) is 0 Å². The third-order valence-corrected chi connectivity index (χ3v) is 2.09. The SMILES string of the molecule is CC(Oc1ccccc1[N+](=O)[O-])N(C)C. The molecule has 0 aliphatic carbocycles. The Morgan fingerprint density at radius 2 is 2.00 bits per heavy atom. The van der Waals surface area contributed by atoms with E-state index < -0.39 is 4.92 Å². The first kappa shape index (κ1) is 11.5. The fraction of sp³-hybridized carbons (Fsp3) is 0.400. The van der Waals surface area contributed by atoms with Crippen molar-refractivity contribution in [1.29, 1.82) is 0 Å². The predicted molar refractivity (Wildman–Crippen MR) is 56.9 cm³/mol. The van der Waals surface area contributed by atoms with Crippen LogP contribution in [0.15, 0.2) is 24.3 Å². The molecular weight excluding hydrogens is 196 g/mol. The third-order valence-electron chi connectivity index (χ3n) is 2.09. The molecule has 0 saturated carbocycles. The van der Waals surface area contributed by atoms with Crippen LogP contribution in [0.4, 0.5) is 5.69 Å². The summed E-state index contributed by atoms with van der Waals surface area (Å²) in [4.78, 5) is 12.1. The number of para-hydroxylation sites is 2. The number of ether oxygens (including phenoxy) is 1. The van der Waals surface area contributed by atoms with Gasteiger partial charge in [0.15, 0.2) is 5.75 Å². The molecule has 0 spiro atoms. The number of nitro groups is 1. The minimum atomic E-state index is -0.447. The molecule has 0 radical (unpaired) electrons. The van der Waals surface area contributed by atoms with E-state index in [1.807, 2.05) is 25.9 Å². The maximum atomic E-state index is 10.7. The lowest BCUT2D eigenvalue weighted by Gasteiger charge is -2.20. The number of rotatable bonds is 4. The highest BCUT2D eigenvalue weighted by atomic mass is 16.6. The van der Waals surface area contributed by atoms with E-state index in [0.717, 1.165) is 0 Å². The van der Waals surface area contributed by atoms with Gasteiger partial charge < -0.3 is 4.74 Å². The maximum Gasteiger partial charge on any atom is 0.310 e. The van der Waals surface area contributed by atoms with E-state index >= 15 is 0 Å². The van der Waals surface area contributed by atoms with Crippen molar-refractivity contribution in [3.8, 4) is 5.75 Å². The zero-order chi connectivity index (χ0) is 11.4. The Balaban J connectivity index is 2.89. The molecule has 1 aromatic carbocycles. The van der Waals surface area contributed by atoms with Crippen molar-refractivity contribution in [2.45, 2.75) is 13.2 Å². The molecule has 1 atom stereocenters. The normalized spacial score (nSPS) is 12.5. The third kappa shape index (κ3) is 2.92. The second kappa shape index (κ2) is 4.75. The van der Waals surface area contributed by atoms with Crippen LogP contribution in [0.2, 0.25) is 0 Å². The summed E-state index contributed by atoms with van der Waals surface area (Å²) in [5.74, 6) is 0.295. The van der Waals surface area contributed by atoms with Crippen molar-refractivity contribution >= 4 is 5.69 Å².